The first-order chi connectivity index (χ1) is 13.0. The van der Waals surface area contributed by atoms with Crippen LogP contribution in [0.5, 0.6) is 11.5 Å². The van der Waals surface area contributed by atoms with Crippen molar-refractivity contribution in [3.05, 3.63) is 64.1 Å². The molecule has 4 nitrogen and oxygen atoms in total. The van der Waals surface area contributed by atoms with E-state index in [0.29, 0.717) is 33.9 Å². The second-order valence-electron chi connectivity index (χ2n) is 6.16. The Balaban J connectivity index is 1.80. The van der Waals surface area contributed by atoms with Gasteiger partial charge in [0, 0.05) is 7.05 Å². The Morgan fingerprint density at radius 1 is 1.15 bits per heavy atom. The quantitative estimate of drug-likeness (QED) is 0.515. The van der Waals surface area contributed by atoms with Crippen LogP contribution in [0.4, 0.5) is 0 Å². The number of thiocarbonyl (C=S) groups is 1. The molecule has 1 aliphatic heterocycles. The van der Waals surface area contributed by atoms with Gasteiger partial charge in [-0.3, -0.25) is 9.69 Å². The molecule has 0 unspecified atom stereocenters. The molecule has 1 amide bonds. The lowest BCUT2D eigenvalue weighted by Crippen LogP contribution is -2.22. The molecule has 6 heteroatoms. The summed E-state index contributed by atoms with van der Waals surface area (Å²) in [6.07, 6.45) is 1.83. The smallest absolute Gasteiger partial charge is 0.265 e. The third-order valence-corrected chi connectivity index (χ3v) is 5.51. The Kier molecular flexibility index (Phi) is 6.19. The molecule has 0 aromatic heterocycles. The van der Waals surface area contributed by atoms with Gasteiger partial charge < -0.3 is 9.47 Å². The van der Waals surface area contributed by atoms with E-state index in [4.69, 9.17) is 21.7 Å². The van der Waals surface area contributed by atoms with Gasteiger partial charge in [0.2, 0.25) is 0 Å². The fourth-order valence-corrected chi connectivity index (χ4v) is 3.84. The number of aryl methyl sites for hydroxylation is 1. The van der Waals surface area contributed by atoms with Crippen LogP contribution in [-0.2, 0) is 11.4 Å². The lowest BCUT2D eigenvalue weighted by Gasteiger charge is -2.13. The number of amides is 1. The predicted octanol–water partition coefficient (Wildman–Crippen LogP) is 4.80. The van der Waals surface area contributed by atoms with Gasteiger partial charge in [0.05, 0.1) is 11.5 Å². The van der Waals surface area contributed by atoms with Crippen LogP contribution in [0.2, 0.25) is 0 Å². The zero-order chi connectivity index (χ0) is 19.4. The molecular weight excluding hydrogens is 378 g/mol. The Labute approximate surface area is 169 Å². The minimum Gasteiger partial charge on any atom is -0.490 e. The third-order valence-electron chi connectivity index (χ3n) is 4.03. The minimum absolute atomic E-state index is 0.0808. The number of carbonyl (C=O) groups excluding carboxylic acids is 1. The van der Waals surface area contributed by atoms with Crippen molar-refractivity contribution in [2.45, 2.75) is 20.5 Å². The maximum atomic E-state index is 12.2. The van der Waals surface area contributed by atoms with E-state index in [1.807, 2.05) is 43.3 Å². The van der Waals surface area contributed by atoms with E-state index in [-0.39, 0.29) is 5.91 Å². The molecule has 0 saturated carbocycles. The number of rotatable bonds is 6. The fraction of sp³-hybridized carbons (Fsp3) is 0.238. The second kappa shape index (κ2) is 8.59. The van der Waals surface area contributed by atoms with E-state index in [9.17, 15) is 4.79 Å². The van der Waals surface area contributed by atoms with E-state index in [2.05, 4.69) is 19.1 Å². The predicted molar refractivity (Wildman–Crippen MR) is 114 cm³/mol. The Morgan fingerprint density at radius 2 is 1.96 bits per heavy atom. The number of carbonyl (C=O) groups is 1. The first-order valence-corrected chi connectivity index (χ1v) is 9.87. The molecule has 0 spiro atoms. The summed E-state index contributed by atoms with van der Waals surface area (Å²) in [6.45, 7) is 4.99. The first-order valence-electron chi connectivity index (χ1n) is 8.64. The third kappa shape index (κ3) is 4.70. The molecule has 3 rings (SSSR count). The van der Waals surface area contributed by atoms with Crippen LogP contribution < -0.4 is 9.47 Å². The van der Waals surface area contributed by atoms with Gasteiger partial charge in [-0.1, -0.05) is 59.9 Å². The van der Waals surface area contributed by atoms with Crippen molar-refractivity contribution in [3.63, 3.8) is 0 Å². The molecular formula is C21H21NO3S2. The number of hydrogen-bond acceptors (Lipinski definition) is 5. The highest BCUT2D eigenvalue weighted by Gasteiger charge is 2.28. The van der Waals surface area contributed by atoms with E-state index < -0.39 is 0 Å². The number of nitrogens with zero attached hydrogens (tertiary/aromatic N) is 1. The standard InChI is InChI=1S/C21H21NO3S2/c1-4-24-18-11-15(12-19-20(23)22(3)21(26)27-19)8-9-17(18)25-13-16-7-5-6-14(2)10-16/h5-12H,4,13H2,1-3H3/b19-12-. The summed E-state index contributed by atoms with van der Waals surface area (Å²) in [6, 6.07) is 13.9. The molecule has 1 aliphatic rings. The number of benzene rings is 2. The molecule has 1 heterocycles. The molecule has 2 aromatic carbocycles. The summed E-state index contributed by atoms with van der Waals surface area (Å²) < 4.78 is 12.3. The van der Waals surface area contributed by atoms with Gasteiger partial charge in [-0.2, -0.15) is 0 Å². The number of hydrogen-bond donors (Lipinski definition) is 0. The van der Waals surface area contributed by atoms with Gasteiger partial charge in [-0.25, -0.2) is 0 Å². The van der Waals surface area contributed by atoms with Crippen LogP contribution in [-0.4, -0.2) is 28.8 Å². The zero-order valence-corrected chi connectivity index (χ0v) is 17.2. The van der Waals surface area contributed by atoms with Crippen molar-refractivity contribution in [1.29, 1.82) is 0 Å². The lowest BCUT2D eigenvalue weighted by molar-refractivity contribution is -0.121. The topological polar surface area (TPSA) is 38.8 Å². The van der Waals surface area contributed by atoms with Gasteiger partial charge in [0.1, 0.15) is 10.9 Å². The van der Waals surface area contributed by atoms with E-state index >= 15 is 0 Å². The SMILES string of the molecule is CCOc1cc(/C=C2\SC(=S)N(C)C2=O)ccc1OCc1cccc(C)c1. The van der Waals surface area contributed by atoms with Crippen LogP contribution in [0.1, 0.15) is 23.6 Å². The first kappa shape index (κ1) is 19.5. The van der Waals surface area contributed by atoms with Crippen molar-refractivity contribution in [1.82, 2.24) is 4.90 Å². The summed E-state index contributed by atoms with van der Waals surface area (Å²) in [5.41, 5.74) is 3.17. The highest BCUT2D eigenvalue weighted by atomic mass is 32.2. The highest BCUT2D eigenvalue weighted by Crippen LogP contribution is 2.34. The largest absolute Gasteiger partial charge is 0.490 e. The van der Waals surface area contributed by atoms with E-state index in [0.717, 1.165) is 11.1 Å². The van der Waals surface area contributed by atoms with Crippen LogP contribution in [0.25, 0.3) is 6.08 Å². The average Bonchev–Trinajstić information content (AvgIpc) is 2.88. The number of thioether (sulfide) groups is 1. The molecule has 0 atom stereocenters. The maximum absolute atomic E-state index is 12.2. The monoisotopic (exact) mass is 399 g/mol. The van der Waals surface area contributed by atoms with Gasteiger partial charge in [-0.15, -0.1) is 0 Å². The minimum atomic E-state index is -0.0808. The summed E-state index contributed by atoms with van der Waals surface area (Å²) in [7, 11) is 1.69. The molecule has 2 aromatic rings. The van der Waals surface area contributed by atoms with Crippen molar-refractivity contribution < 1.29 is 14.3 Å². The highest BCUT2D eigenvalue weighted by molar-refractivity contribution is 8.26. The molecule has 0 aliphatic carbocycles. The van der Waals surface area contributed by atoms with Crippen molar-refractivity contribution in [2.75, 3.05) is 13.7 Å². The van der Waals surface area contributed by atoms with E-state index in [1.54, 1.807) is 7.05 Å². The summed E-state index contributed by atoms with van der Waals surface area (Å²) in [5.74, 6) is 1.26. The molecule has 140 valence electrons. The summed E-state index contributed by atoms with van der Waals surface area (Å²) in [5, 5.41) is 0. The summed E-state index contributed by atoms with van der Waals surface area (Å²) in [4.78, 5) is 14.3. The number of ether oxygens (including phenoxy) is 2. The molecule has 0 bridgehead atoms. The average molecular weight is 400 g/mol. The number of likely N-dealkylation sites (N-methyl/N-ethyl adjacent to an activating group) is 1. The molecule has 27 heavy (non-hydrogen) atoms. The molecule has 1 saturated heterocycles. The molecule has 1 fully saturated rings. The van der Waals surface area contributed by atoms with Crippen LogP contribution in [0, 0.1) is 6.92 Å². The van der Waals surface area contributed by atoms with Crippen molar-refractivity contribution >= 4 is 40.3 Å². The fourth-order valence-electron chi connectivity index (χ4n) is 2.66. The van der Waals surface area contributed by atoms with Crippen molar-refractivity contribution in [2.24, 2.45) is 0 Å². The molecule has 0 radical (unpaired) electrons. The Bertz CT molecular complexity index is 908. The van der Waals surface area contributed by atoms with Gasteiger partial charge in [0.25, 0.3) is 5.91 Å². The zero-order valence-electron chi connectivity index (χ0n) is 15.5. The lowest BCUT2D eigenvalue weighted by atomic mass is 10.1. The Morgan fingerprint density at radius 3 is 2.63 bits per heavy atom. The van der Waals surface area contributed by atoms with Crippen LogP contribution in [0.15, 0.2) is 47.4 Å². The normalized spacial score (nSPS) is 15.5. The van der Waals surface area contributed by atoms with E-state index in [1.165, 1.54) is 22.2 Å². The second-order valence-corrected chi connectivity index (χ2v) is 7.83. The van der Waals surface area contributed by atoms with Gasteiger partial charge >= 0.3 is 0 Å². The van der Waals surface area contributed by atoms with Crippen LogP contribution >= 0.6 is 24.0 Å². The summed E-state index contributed by atoms with van der Waals surface area (Å²) >= 11 is 6.48. The van der Waals surface area contributed by atoms with Crippen LogP contribution in [0.3, 0.4) is 0 Å². The van der Waals surface area contributed by atoms with Crippen molar-refractivity contribution in [3.8, 4) is 11.5 Å². The Hall–Kier alpha value is -2.31. The maximum Gasteiger partial charge on any atom is 0.265 e. The molecule has 0 N–H and O–H groups in total. The van der Waals surface area contributed by atoms with Gasteiger partial charge in [-0.05, 0) is 43.2 Å². The van der Waals surface area contributed by atoms with Gasteiger partial charge in [0.15, 0.2) is 11.5 Å².